The van der Waals surface area contributed by atoms with Crippen LogP contribution >= 0.6 is 0 Å². The summed E-state index contributed by atoms with van der Waals surface area (Å²) >= 11 is 0. The molecule has 7 nitrogen and oxygen atoms in total. The Morgan fingerprint density at radius 1 is 1.18 bits per heavy atom. The zero-order valence-corrected chi connectivity index (χ0v) is 14.0. The average molecular weight is 332 g/mol. The van der Waals surface area contributed by atoms with Crippen molar-refractivity contribution in [2.75, 3.05) is 0 Å². The lowest BCUT2D eigenvalue weighted by Gasteiger charge is -2.45. The van der Waals surface area contributed by atoms with Crippen LogP contribution in [0.4, 0.5) is 4.79 Å². The van der Waals surface area contributed by atoms with Gasteiger partial charge in [-0.2, -0.15) is 0 Å². The van der Waals surface area contributed by atoms with Gasteiger partial charge in [-0.1, -0.05) is 6.42 Å². The lowest BCUT2D eigenvalue weighted by atomic mass is 9.82. The van der Waals surface area contributed by atoms with Gasteiger partial charge >= 0.3 is 6.09 Å². The molecule has 0 aromatic rings. The van der Waals surface area contributed by atoms with E-state index in [0.717, 1.165) is 6.42 Å². The van der Waals surface area contributed by atoms with Crippen LogP contribution in [0.1, 0.15) is 52.9 Å². The largest absolute Gasteiger partial charge is 0.444 e. The number of nitrogens with two attached hydrogens (primary N) is 1. The zero-order chi connectivity index (χ0) is 16.8. The van der Waals surface area contributed by atoms with Crippen molar-refractivity contribution < 1.29 is 22.7 Å². The van der Waals surface area contributed by atoms with E-state index in [2.05, 4.69) is 5.32 Å². The number of rotatable bonds is 2. The minimum Gasteiger partial charge on any atom is -0.444 e. The fourth-order valence-corrected chi connectivity index (χ4v) is 5.90. The lowest BCUT2D eigenvalue weighted by Crippen LogP contribution is -2.65. The fourth-order valence-electron chi connectivity index (χ4n) is 3.33. The molecule has 22 heavy (non-hydrogen) atoms. The van der Waals surface area contributed by atoms with E-state index in [1.165, 1.54) is 0 Å². The van der Waals surface area contributed by atoms with Crippen LogP contribution in [0.5, 0.6) is 0 Å². The molecule has 0 radical (unpaired) electrons. The van der Waals surface area contributed by atoms with Gasteiger partial charge in [-0.05, 0) is 46.5 Å². The van der Waals surface area contributed by atoms with E-state index in [1.807, 2.05) is 0 Å². The van der Waals surface area contributed by atoms with Gasteiger partial charge in [-0.15, -0.1) is 0 Å². The maximum atomic E-state index is 12.3. The Balaban J connectivity index is 2.24. The summed E-state index contributed by atoms with van der Waals surface area (Å²) in [5.74, 6) is -0.704. The van der Waals surface area contributed by atoms with Crippen LogP contribution in [0.3, 0.4) is 0 Å². The third-order valence-electron chi connectivity index (χ3n) is 4.35. The summed E-state index contributed by atoms with van der Waals surface area (Å²) < 4.78 is 29.8. The molecule has 3 N–H and O–H groups in total. The standard InChI is InChI=1S/C14H24N2O5S/c1-13(2,3)21-12(18)16-14(11(15)17)7-9-5-4-6-10(8-14)22(9,19)20/h9-10H,4-8H2,1-3H3,(H2,15,17)(H,16,18). The van der Waals surface area contributed by atoms with Gasteiger partial charge in [0.15, 0.2) is 9.84 Å². The van der Waals surface area contributed by atoms with E-state index in [1.54, 1.807) is 20.8 Å². The molecular weight excluding hydrogens is 308 g/mol. The highest BCUT2D eigenvalue weighted by atomic mass is 32.2. The predicted molar refractivity (Wildman–Crippen MR) is 80.9 cm³/mol. The van der Waals surface area contributed by atoms with Gasteiger partial charge in [-0.3, -0.25) is 4.79 Å². The van der Waals surface area contributed by atoms with Crippen molar-refractivity contribution in [3.63, 3.8) is 0 Å². The second kappa shape index (κ2) is 5.40. The first kappa shape index (κ1) is 17.1. The topological polar surface area (TPSA) is 116 Å². The van der Waals surface area contributed by atoms with Crippen LogP contribution in [-0.4, -0.2) is 42.1 Å². The van der Waals surface area contributed by atoms with Crippen LogP contribution in [0.25, 0.3) is 0 Å². The third kappa shape index (κ3) is 3.21. The minimum atomic E-state index is -3.24. The van der Waals surface area contributed by atoms with Crippen molar-refractivity contribution in [3.05, 3.63) is 0 Å². The van der Waals surface area contributed by atoms with E-state index < -0.39 is 43.5 Å². The van der Waals surface area contributed by atoms with Crippen LogP contribution in [-0.2, 0) is 19.4 Å². The molecule has 126 valence electrons. The number of carbonyl (C=O) groups excluding carboxylic acids is 2. The molecule has 2 saturated heterocycles. The summed E-state index contributed by atoms with van der Waals surface area (Å²) in [6, 6.07) is 0. The Bertz CT molecular complexity index is 559. The highest BCUT2D eigenvalue weighted by molar-refractivity contribution is 7.92. The van der Waals surface area contributed by atoms with Crippen molar-refractivity contribution in [1.29, 1.82) is 0 Å². The van der Waals surface area contributed by atoms with Gasteiger partial charge < -0.3 is 15.8 Å². The number of nitrogens with one attached hydrogen (secondary N) is 1. The molecule has 2 heterocycles. The van der Waals surface area contributed by atoms with Gasteiger partial charge in [-0.25, -0.2) is 13.2 Å². The Kier molecular flexibility index (Phi) is 4.18. The van der Waals surface area contributed by atoms with Crippen molar-refractivity contribution >= 4 is 21.8 Å². The monoisotopic (exact) mass is 332 g/mol. The van der Waals surface area contributed by atoms with Gasteiger partial charge in [0, 0.05) is 0 Å². The second-order valence-electron chi connectivity index (χ2n) is 7.25. The molecule has 0 aromatic carbocycles. The molecule has 2 rings (SSSR count). The first-order valence-electron chi connectivity index (χ1n) is 7.50. The van der Waals surface area contributed by atoms with E-state index in [0.29, 0.717) is 12.8 Å². The average Bonchev–Trinajstić information content (AvgIpc) is 2.27. The summed E-state index contributed by atoms with van der Waals surface area (Å²) in [6.07, 6.45) is 1.13. The number of alkyl carbamates (subject to hydrolysis) is 1. The molecule has 0 aromatic heterocycles. The molecule has 2 unspecified atom stereocenters. The smallest absolute Gasteiger partial charge is 0.408 e. The van der Waals surface area contributed by atoms with Crippen molar-refractivity contribution in [2.24, 2.45) is 5.73 Å². The molecule has 0 saturated carbocycles. The van der Waals surface area contributed by atoms with E-state index >= 15 is 0 Å². The quantitative estimate of drug-likeness (QED) is 0.778. The molecule has 2 bridgehead atoms. The highest BCUT2D eigenvalue weighted by Crippen LogP contribution is 2.41. The molecule has 2 aliphatic heterocycles. The Hall–Kier alpha value is -1.31. The van der Waals surface area contributed by atoms with Gasteiger partial charge in [0.05, 0.1) is 10.5 Å². The Labute approximate surface area is 130 Å². The van der Waals surface area contributed by atoms with Crippen molar-refractivity contribution in [1.82, 2.24) is 5.32 Å². The first-order chi connectivity index (χ1) is 9.96. The highest BCUT2D eigenvalue weighted by Gasteiger charge is 2.54. The van der Waals surface area contributed by atoms with Crippen LogP contribution in [0.15, 0.2) is 0 Å². The van der Waals surface area contributed by atoms with Crippen molar-refractivity contribution in [2.45, 2.75) is 74.5 Å². The molecular formula is C14H24N2O5S. The number of sulfone groups is 1. The zero-order valence-electron chi connectivity index (χ0n) is 13.2. The SMILES string of the molecule is CC(C)(C)OC(=O)NC1(C(N)=O)CC2CCCC(C1)S2(=O)=O. The van der Waals surface area contributed by atoms with E-state index in [9.17, 15) is 18.0 Å². The number of hydrogen-bond donors (Lipinski definition) is 2. The molecule has 0 aliphatic carbocycles. The molecule has 0 spiro atoms. The Morgan fingerprint density at radius 3 is 2.09 bits per heavy atom. The van der Waals surface area contributed by atoms with Gasteiger partial charge in [0.25, 0.3) is 0 Å². The molecule has 2 atom stereocenters. The van der Waals surface area contributed by atoms with Crippen molar-refractivity contribution in [3.8, 4) is 0 Å². The second-order valence-corrected chi connectivity index (χ2v) is 9.76. The van der Waals surface area contributed by atoms with Crippen LogP contribution in [0.2, 0.25) is 0 Å². The molecule has 2 aliphatic rings. The Morgan fingerprint density at radius 2 is 1.68 bits per heavy atom. The van der Waals surface area contributed by atoms with E-state index in [-0.39, 0.29) is 12.8 Å². The summed E-state index contributed by atoms with van der Waals surface area (Å²) in [7, 11) is -3.24. The summed E-state index contributed by atoms with van der Waals surface area (Å²) in [5.41, 5.74) is 3.45. The van der Waals surface area contributed by atoms with Gasteiger partial charge in [0.2, 0.25) is 5.91 Å². The summed E-state index contributed by atoms with van der Waals surface area (Å²) in [6.45, 7) is 5.14. The van der Waals surface area contributed by atoms with Crippen LogP contribution < -0.4 is 11.1 Å². The minimum absolute atomic E-state index is 0.0282. The summed E-state index contributed by atoms with van der Waals surface area (Å²) in [4.78, 5) is 24.0. The molecule has 8 heteroatoms. The number of hydrogen-bond acceptors (Lipinski definition) is 5. The van der Waals surface area contributed by atoms with E-state index in [4.69, 9.17) is 10.5 Å². The molecule has 2 fully saturated rings. The normalized spacial score (nSPS) is 33.8. The fraction of sp³-hybridized carbons (Fsp3) is 0.857. The predicted octanol–water partition coefficient (Wildman–Crippen LogP) is 0.865. The lowest BCUT2D eigenvalue weighted by molar-refractivity contribution is -0.125. The number of ether oxygens (including phenoxy) is 1. The third-order valence-corrected chi connectivity index (χ3v) is 7.01. The molecule has 2 amide bonds. The maximum absolute atomic E-state index is 12.3. The maximum Gasteiger partial charge on any atom is 0.408 e. The number of amides is 2. The van der Waals surface area contributed by atoms with Gasteiger partial charge in [0.1, 0.15) is 11.1 Å². The number of primary amides is 1. The number of fused-ring (bicyclic) bond motifs is 2. The number of carbonyl (C=O) groups is 2. The van der Waals surface area contributed by atoms with Crippen LogP contribution in [0, 0.1) is 0 Å². The summed E-state index contributed by atoms with van der Waals surface area (Å²) in [5, 5.41) is 1.31. The first-order valence-corrected chi connectivity index (χ1v) is 9.11.